The highest BCUT2D eigenvalue weighted by atomic mass is 16.5. The second-order valence-corrected chi connectivity index (χ2v) is 2.71. The van der Waals surface area contributed by atoms with E-state index >= 15 is 0 Å². The molecule has 1 aromatic carbocycles. The average Bonchev–Trinajstić information content (AvgIpc) is 2.15. The van der Waals surface area contributed by atoms with E-state index in [2.05, 4.69) is 12.1 Å². The molecule has 0 radical (unpaired) electrons. The smallest absolute Gasteiger partial charge is 0.0797 e. The Morgan fingerprint density at radius 3 is 2.58 bits per heavy atom. The Morgan fingerprint density at radius 1 is 1.33 bits per heavy atom. The van der Waals surface area contributed by atoms with Gasteiger partial charge in [-0.05, 0) is 12.5 Å². The predicted molar refractivity (Wildman–Crippen MR) is 49.9 cm³/mol. The van der Waals surface area contributed by atoms with Crippen LogP contribution in [0.1, 0.15) is 18.6 Å². The van der Waals surface area contributed by atoms with Crippen molar-refractivity contribution in [2.45, 2.75) is 13.0 Å². The minimum absolute atomic E-state index is 0.148. The van der Waals surface area contributed by atoms with Crippen LogP contribution in [0.25, 0.3) is 0 Å². The summed E-state index contributed by atoms with van der Waals surface area (Å²) in [7, 11) is 0. The summed E-state index contributed by atoms with van der Waals surface area (Å²) in [4.78, 5) is 0. The van der Waals surface area contributed by atoms with Gasteiger partial charge in [0.25, 0.3) is 0 Å². The molecule has 2 nitrogen and oxygen atoms in total. The molecule has 2 N–H and O–H groups in total. The van der Waals surface area contributed by atoms with E-state index < -0.39 is 0 Å². The summed E-state index contributed by atoms with van der Waals surface area (Å²) in [6.07, 6.45) is 0.148. The van der Waals surface area contributed by atoms with Crippen molar-refractivity contribution in [1.29, 1.82) is 0 Å². The number of rotatable bonds is 4. The summed E-state index contributed by atoms with van der Waals surface area (Å²) in [5, 5.41) is 0. The molecule has 0 amide bonds. The molecule has 0 bridgehead atoms. The molecule has 0 aliphatic rings. The van der Waals surface area contributed by atoms with Crippen LogP contribution in [-0.2, 0) is 4.74 Å². The molecule has 1 unspecified atom stereocenters. The topological polar surface area (TPSA) is 35.2 Å². The number of benzene rings is 1. The van der Waals surface area contributed by atoms with Crippen LogP contribution in [0.2, 0.25) is 0 Å². The van der Waals surface area contributed by atoms with Gasteiger partial charge in [0.15, 0.2) is 0 Å². The normalized spacial score (nSPS) is 12.8. The van der Waals surface area contributed by atoms with E-state index in [4.69, 9.17) is 10.5 Å². The van der Waals surface area contributed by atoms with E-state index in [0.717, 1.165) is 0 Å². The summed E-state index contributed by atoms with van der Waals surface area (Å²) in [6.45, 7) is 3.23. The first-order valence-electron chi connectivity index (χ1n) is 4.21. The molecule has 1 rings (SSSR count). The molecule has 2 heteroatoms. The molecule has 12 heavy (non-hydrogen) atoms. The summed E-state index contributed by atoms with van der Waals surface area (Å²) < 4.78 is 5.45. The minimum Gasteiger partial charge on any atom is -0.373 e. The van der Waals surface area contributed by atoms with E-state index in [-0.39, 0.29) is 6.10 Å². The fourth-order valence-electron chi connectivity index (χ4n) is 1.07. The summed E-state index contributed by atoms with van der Waals surface area (Å²) >= 11 is 0. The van der Waals surface area contributed by atoms with Gasteiger partial charge in [-0.1, -0.05) is 30.3 Å². The van der Waals surface area contributed by atoms with Crippen molar-refractivity contribution in [3.63, 3.8) is 0 Å². The fourth-order valence-corrected chi connectivity index (χ4v) is 1.07. The first kappa shape index (κ1) is 9.23. The van der Waals surface area contributed by atoms with Crippen LogP contribution >= 0.6 is 0 Å². The van der Waals surface area contributed by atoms with E-state index in [9.17, 15) is 0 Å². The van der Waals surface area contributed by atoms with Gasteiger partial charge in [-0.15, -0.1) is 0 Å². The molecule has 0 aliphatic carbocycles. The van der Waals surface area contributed by atoms with Gasteiger partial charge in [0, 0.05) is 6.54 Å². The van der Waals surface area contributed by atoms with Crippen molar-refractivity contribution < 1.29 is 4.74 Å². The standard InChI is InChI=1S/C10H15NO/c1-9(12-8-7-11)10-5-3-2-4-6-10/h2-6,9H,7-8,11H2,1H3. The lowest BCUT2D eigenvalue weighted by molar-refractivity contribution is 0.0718. The molecule has 0 saturated carbocycles. The Hall–Kier alpha value is -0.860. The Labute approximate surface area is 73.3 Å². The fraction of sp³-hybridized carbons (Fsp3) is 0.400. The van der Waals surface area contributed by atoms with Crippen molar-refractivity contribution >= 4 is 0 Å². The zero-order valence-electron chi connectivity index (χ0n) is 7.36. The Bertz CT molecular complexity index is 210. The number of hydrogen-bond acceptors (Lipinski definition) is 2. The maximum Gasteiger partial charge on any atom is 0.0797 e. The van der Waals surface area contributed by atoms with Crippen molar-refractivity contribution in [2.75, 3.05) is 13.2 Å². The molecule has 0 aromatic heterocycles. The highest BCUT2D eigenvalue weighted by molar-refractivity contribution is 5.16. The SMILES string of the molecule is CC(OCCN)c1ccccc1. The lowest BCUT2D eigenvalue weighted by Crippen LogP contribution is -2.10. The zero-order valence-corrected chi connectivity index (χ0v) is 7.36. The van der Waals surface area contributed by atoms with Crippen molar-refractivity contribution in [1.82, 2.24) is 0 Å². The molecule has 0 spiro atoms. The van der Waals surface area contributed by atoms with Gasteiger partial charge in [0.05, 0.1) is 12.7 Å². The third-order valence-electron chi connectivity index (χ3n) is 1.75. The van der Waals surface area contributed by atoms with E-state index in [1.54, 1.807) is 0 Å². The van der Waals surface area contributed by atoms with Crippen molar-refractivity contribution in [3.8, 4) is 0 Å². The lowest BCUT2D eigenvalue weighted by Gasteiger charge is -2.11. The van der Waals surface area contributed by atoms with Crippen molar-refractivity contribution in [2.24, 2.45) is 5.73 Å². The second kappa shape index (κ2) is 4.91. The second-order valence-electron chi connectivity index (χ2n) is 2.71. The average molecular weight is 165 g/mol. The Morgan fingerprint density at radius 2 is 2.00 bits per heavy atom. The highest BCUT2D eigenvalue weighted by Gasteiger charge is 2.02. The molecule has 0 aliphatic heterocycles. The van der Waals surface area contributed by atoms with Crippen LogP contribution in [-0.4, -0.2) is 13.2 Å². The zero-order chi connectivity index (χ0) is 8.81. The molecule has 0 fully saturated rings. The van der Waals surface area contributed by atoms with E-state index in [0.29, 0.717) is 13.2 Å². The minimum atomic E-state index is 0.148. The summed E-state index contributed by atoms with van der Waals surface area (Å²) in [6, 6.07) is 10.1. The Balaban J connectivity index is 2.48. The van der Waals surface area contributed by atoms with Crippen molar-refractivity contribution in [3.05, 3.63) is 35.9 Å². The van der Waals surface area contributed by atoms with Crippen LogP contribution in [0.5, 0.6) is 0 Å². The molecule has 66 valence electrons. The van der Waals surface area contributed by atoms with Crippen LogP contribution < -0.4 is 5.73 Å². The van der Waals surface area contributed by atoms with Gasteiger partial charge in [0.2, 0.25) is 0 Å². The highest BCUT2D eigenvalue weighted by Crippen LogP contribution is 2.14. The van der Waals surface area contributed by atoms with Gasteiger partial charge >= 0.3 is 0 Å². The molecular formula is C10H15NO. The summed E-state index contributed by atoms with van der Waals surface area (Å²) in [5.41, 5.74) is 6.53. The molecule has 1 aromatic rings. The van der Waals surface area contributed by atoms with Gasteiger partial charge < -0.3 is 10.5 Å². The first-order chi connectivity index (χ1) is 5.84. The number of ether oxygens (including phenoxy) is 1. The summed E-state index contributed by atoms with van der Waals surface area (Å²) in [5.74, 6) is 0. The number of nitrogens with two attached hydrogens (primary N) is 1. The van der Waals surface area contributed by atoms with Gasteiger partial charge in [-0.2, -0.15) is 0 Å². The van der Waals surface area contributed by atoms with E-state index in [1.165, 1.54) is 5.56 Å². The van der Waals surface area contributed by atoms with Gasteiger partial charge in [-0.25, -0.2) is 0 Å². The van der Waals surface area contributed by atoms with Crippen LogP contribution in [0.3, 0.4) is 0 Å². The first-order valence-corrected chi connectivity index (χ1v) is 4.21. The largest absolute Gasteiger partial charge is 0.373 e. The maximum absolute atomic E-state index is 5.45. The third kappa shape index (κ3) is 2.64. The van der Waals surface area contributed by atoms with Crippen LogP contribution in [0, 0.1) is 0 Å². The molecule has 0 heterocycles. The predicted octanol–water partition coefficient (Wildman–Crippen LogP) is 1.72. The number of hydrogen-bond donors (Lipinski definition) is 1. The van der Waals surface area contributed by atoms with Crippen LogP contribution in [0.4, 0.5) is 0 Å². The third-order valence-corrected chi connectivity index (χ3v) is 1.75. The molecule has 1 atom stereocenters. The van der Waals surface area contributed by atoms with Gasteiger partial charge in [0.1, 0.15) is 0 Å². The quantitative estimate of drug-likeness (QED) is 0.737. The Kier molecular flexibility index (Phi) is 3.77. The van der Waals surface area contributed by atoms with E-state index in [1.807, 2.05) is 25.1 Å². The maximum atomic E-state index is 5.45. The van der Waals surface area contributed by atoms with Gasteiger partial charge in [-0.3, -0.25) is 0 Å². The molecular weight excluding hydrogens is 150 g/mol. The molecule has 0 saturated heterocycles. The monoisotopic (exact) mass is 165 g/mol. The van der Waals surface area contributed by atoms with Crippen LogP contribution in [0.15, 0.2) is 30.3 Å². The lowest BCUT2D eigenvalue weighted by atomic mass is 10.1.